The van der Waals surface area contributed by atoms with Crippen LogP contribution in [0.3, 0.4) is 0 Å². The van der Waals surface area contributed by atoms with Gasteiger partial charge in [-0.15, -0.1) is 0 Å². The number of likely N-dealkylation sites (tertiary alicyclic amines) is 1. The Labute approximate surface area is 149 Å². The minimum atomic E-state index is 0.0179. The van der Waals surface area contributed by atoms with Gasteiger partial charge in [-0.1, -0.05) is 26.0 Å². The van der Waals surface area contributed by atoms with Crippen LogP contribution in [0.4, 0.5) is 5.69 Å². The van der Waals surface area contributed by atoms with E-state index >= 15 is 0 Å². The van der Waals surface area contributed by atoms with Crippen LogP contribution in [0.2, 0.25) is 0 Å². The first kappa shape index (κ1) is 17.6. The standard InChI is InChI=1S/C19H28N4O2/c1-19(2)9-12-22(14-19)18(20-3)21-10-6-11-23-15-7-4-5-8-16(15)25-13-17(23)24/h4-5,7-8H,6,9-14H2,1-3H3,(H,20,21). The van der Waals surface area contributed by atoms with E-state index in [1.54, 1.807) is 0 Å². The minimum absolute atomic E-state index is 0.0179. The van der Waals surface area contributed by atoms with Crippen LogP contribution in [0.25, 0.3) is 0 Å². The molecule has 1 amide bonds. The fourth-order valence-electron chi connectivity index (χ4n) is 3.46. The smallest absolute Gasteiger partial charge is 0.265 e. The second-order valence-corrected chi connectivity index (χ2v) is 7.47. The lowest BCUT2D eigenvalue weighted by Gasteiger charge is -2.29. The topological polar surface area (TPSA) is 57.2 Å². The first-order valence-corrected chi connectivity index (χ1v) is 8.98. The molecule has 0 radical (unpaired) electrons. The Morgan fingerprint density at radius 2 is 2.16 bits per heavy atom. The summed E-state index contributed by atoms with van der Waals surface area (Å²) in [5, 5.41) is 3.43. The second kappa shape index (κ2) is 7.33. The van der Waals surface area contributed by atoms with Crippen LogP contribution in [0.15, 0.2) is 29.3 Å². The molecule has 1 aromatic rings. The van der Waals surface area contributed by atoms with Crippen molar-refractivity contribution in [3.8, 4) is 5.75 Å². The molecule has 2 aliphatic heterocycles. The van der Waals surface area contributed by atoms with Gasteiger partial charge in [0.1, 0.15) is 5.75 Å². The molecular formula is C19H28N4O2. The number of carbonyl (C=O) groups excluding carboxylic acids is 1. The molecule has 3 rings (SSSR count). The fourth-order valence-corrected chi connectivity index (χ4v) is 3.46. The Kier molecular flexibility index (Phi) is 5.16. The third-order valence-corrected chi connectivity index (χ3v) is 4.84. The molecule has 6 heteroatoms. The molecule has 6 nitrogen and oxygen atoms in total. The summed E-state index contributed by atoms with van der Waals surface area (Å²) in [5.74, 6) is 1.76. The maximum Gasteiger partial charge on any atom is 0.265 e. The average molecular weight is 344 g/mol. The van der Waals surface area contributed by atoms with Gasteiger partial charge < -0.3 is 19.9 Å². The van der Waals surface area contributed by atoms with E-state index < -0.39 is 0 Å². The SMILES string of the molecule is CN=C(NCCCN1C(=O)COc2ccccc21)N1CCC(C)(C)C1. The number of rotatable bonds is 4. The number of benzene rings is 1. The van der Waals surface area contributed by atoms with Crippen molar-refractivity contribution in [2.45, 2.75) is 26.7 Å². The lowest BCUT2D eigenvalue weighted by molar-refractivity contribution is -0.121. The van der Waals surface area contributed by atoms with E-state index in [-0.39, 0.29) is 12.5 Å². The average Bonchev–Trinajstić information content (AvgIpc) is 2.96. The van der Waals surface area contributed by atoms with E-state index in [1.807, 2.05) is 36.2 Å². The summed E-state index contributed by atoms with van der Waals surface area (Å²) in [7, 11) is 1.83. The maximum atomic E-state index is 12.2. The molecule has 1 fully saturated rings. The second-order valence-electron chi connectivity index (χ2n) is 7.47. The van der Waals surface area contributed by atoms with Crippen molar-refractivity contribution < 1.29 is 9.53 Å². The van der Waals surface area contributed by atoms with Crippen LogP contribution < -0.4 is 15.0 Å². The number of hydrogen-bond acceptors (Lipinski definition) is 3. The minimum Gasteiger partial charge on any atom is -0.482 e. The summed E-state index contributed by atoms with van der Waals surface area (Å²) < 4.78 is 5.48. The van der Waals surface area contributed by atoms with Crippen LogP contribution in [0, 0.1) is 5.41 Å². The van der Waals surface area contributed by atoms with Gasteiger partial charge in [-0.2, -0.15) is 0 Å². The number of guanidine groups is 1. The van der Waals surface area contributed by atoms with Gasteiger partial charge >= 0.3 is 0 Å². The van der Waals surface area contributed by atoms with Gasteiger partial charge in [0.05, 0.1) is 5.69 Å². The quantitative estimate of drug-likeness (QED) is 0.516. The number of amides is 1. The lowest BCUT2D eigenvalue weighted by atomic mass is 9.93. The molecule has 2 aliphatic rings. The molecule has 0 aromatic heterocycles. The number of fused-ring (bicyclic) bond motifs is 1. The van der Waals surface area contributed by atoms with Crippen LogP contribution >= 0.6 is 0 Å². The van der Waals surface area contributed by atoms with Crippen molar-refractivity contribution >= 4 is 17.6 Å². The Morgan fingerprint density at radius 3 is 2.88 bits per heavy atom. The van der Waals surface area contributed by atoms with Gasteiger partial charge in [0.25, 0.3) is 5.91 Å². The predicted molar refractivity (Wildman–Crippen MR) is 100 cm³/mol. The summed E-state index contributed by atoms with van der Waals surface area (Å²) in [4.78, 5) is 20.7. The van der Waals surface area contributed by atoms with Crippen LogP contribution in [0.1, 0.15) is 26.7 Å². The molecule has 0 saturated carbocycles. The monoisotopic (exact) mass is 344 g/mol. The highest BCUT2D eigenvalue weighted by Crippen LogP contribution is 2.31. The van der Waals surface area contributed by atoms with Crippen molar-refractivity contribution in [1.29, 1.82) is 0 Å². The summed E-state index contributed by atoms with van der Waals surface area (Å²) in [6.45, 7) is 8.24. The van der Waals surface area contributed by atoms with E-state index in [0.717, 1.165) is 43.5 Å². The molecule has 0 spiro atoms. The molecular weight excluding hydrogens is 316 g/mol. The van der Waals surface area contributed by atoms with E-state index in [9.17, 15) is 4.79 Å². The van der Waals surface area contributed by atoms with Gasteiger partial charge in [0.15, 0.2) is 12.6 Å². The normalized spacial score (nSPS) is 19.6. The molecule has 0 unspecified atom stereocenters. The molecule has 0 atom stereocenters. The van der Waals surface area contributed by atoms with Crippen LogP contribution in [-0.4, -0.2) is 56.6 Å². The van der Waals surface area contributed by atoms with E-state index in [0.29, 0.717) is 12.0 Å². The largest absolute Gasteiger partial charge is 0.482 e. The molecule has 0 bridgehead atoms. The van der Waals surface area contributed by atoms with Gasteiger partial charge in [0, 0.05) is 33.2 Å². The third-order valence-electron chi connectivity index (χ3n) is 4.84. The van der Waals surface area contributed by atoms with E-state index in [1.165, 1.54) is 6.42 Å². The zero-order valence-electron chi connectivity index (χ0n) is 15.4. The zero-order valence-corrected chi connectivity index (χ0v) is 15.4. The highest BCUT2D eigenvalue weighted by molar-refractivity contribution is 5.97. The van der Waals surface area contributed by atoms with Crippen molar-refractivity contribution in [3.05, 3.63) is 24.3 Å². The predicted octanol–water partition coefficient (Wildman–Crippen LogP) is 2.11. The molecule has 1 N–H and O–H groups in total. The molecule has 1 aromatic carbocycles. The van der Waals surface area contributed by atoms with Crippen LogP contribution in [0.5, 0.6) is 5.75 Å². The van der Waals surface area contributed by atoms with E-state index in [2.05, 4.69) is 29.1 Å². The number of hydrogen-bond donors (Lipinski definition) is 1. The Morgan fingerprint density at radius 1 is 1.36 bits per heavy atom. The van der Waals surface area contributed by atoms with Crippen molar-refractivity contribution in [3.63, 3.8) is 0 Å². The summed E-state index contributed by atoms with van der Waals surface area (Å²) >= 11 is 0. The first-order chi connectivity index (χ1) is 12.0. The number of aliphatic imine (C=N–C) groups is 1. The molecule has 2 heterocycles. The van der Waals surface area contributed by atoms with Crippen molar-refractivity contribution in [1.82, 2.24) is 10.2 Å². The number of para-hydroxylation sites is 2. The number of carbonyl (C=O) groups is 1. The summed E-state index contributed by atoms with van der Waals surface area (Å²) in [6, 6.07) is 7.70. The Bertz CT molecular complexity index is 657. The molecule has 25 heavy (non-hydrogen) atoms. The van der Waals surface area contributed by atoms with Crippen molar-refractivity contribution in [2.75, 3.05) is 44.7 Å². The molecule has 136 valence electrons. The summed E-state index contributed by atoms with van der Waals surface area (Å²) in [6.07, 6.45) is 2.04. The maximum absolute atomic E-state index is 12.2. The Hall–Kier alpha value is -2.24. The molecule has 0 aliphatic carbocycles. The lowest BCUT2D eigenvalue weighted by Crippen LogP contribution is -2.43. The highest BCUT2D eigenvalue weighted by atomic mass is 16.5. The first-order valence-electron chi connectivity index (χ1n) is 8.98. The van der Waals surface area contributed by atoms with Gasteiger partial charge in [-0.25, -0.2) is 0 Å². The third kappa shape index (κ3) is 4.06. The highest BCUT2D eigenvalue weighted by Gasteiger charge is 2.31. The van der Waals surface area contributed by atoms with E-state index in [4.69, 9.17) is 4.74 Å². The number of nitrogens with one attached hydrogen (secondary N) is 1. The van der Waals surface area contributed by atoms with Crippen molar-refractivity contribution in [2.24, 2.45) is 10.4 Å². The Balaban J connectivity index is 1.51. The molecule has 1 saturated heterocycles. The van der Waals surface area contributed by atoms with Gasteiger partial charge in [-0.05, 0) is 30.4 Å². The van der Waals surface area contributed by atoms with Gasteiger partial charge in [0.2, 0.25) is 0 Å². The number of anilines is 1. The fraction of sp³-hybridized carbons (Fsp3) is 0.579. The zero-order chi connectivity index (χ0) is 17.9. The van der Waals surface area contributed by atoms with Crippen LogP contribution in [-0.2, 0) is 4.79 Å². The number of ether oxygens (including phenoxy) is 1. The summed E-state index contributed by atoms with van der Waals surface area (Å²) in [5.41, 5.74) is 1.21. The van der Waals surface area contributed by atoms with Gasteiger partial charge in [-0.3, -0.25) is 9.79 Å². The number of nitrogens with zero attached hydrogens (tertiary/aromatic N) is 3.